The van der Waals surface area contributed by atoms with Gasteiger partial charge >= 0.3 is 12.4 Å². The van der Waals surface area contributed by atoms with Gasteiger partial charge in [0.25, 0.3) is 5.91 Å². The van der Waals surface area contributed by atoms with Crippen molar-refractivity contribution in [1.82, 2.24) is 19.6 Å². The molecule has 4 heterocycles. The molecule has 1 spiro atoms. The quantitative estimate of drug-likeness (QED) is 0.336. The summed E-state index contributed by atoms with van der Waals surface area (Å²) in [4.78, 5) is 42.2. The number of carbonyl (C=O) groups excluding carboxylic acids is 3. The van der Waals surface area contributed by atoms with Gasteiger partial charge in [0.1, 0.15) is 10.8 Å². The Morgan fingerprint density at radius 2 is 1.64 bits per heavy atom. The number of sulfone groups is 1. The maximum Gasteiger partial charge on any atom is 0.416 e. The van der Waals surface area contributed by atoms with E-state index in [0.717, 1.165) is 12.1 Å². The van der Waals surface area contributed by atoms with Crippen LogP contribution in [0.3, 0.4) is 0 Å². The number of aromatic nitrogens is 2. The highest BCUT2D eigenvalue weighted by atomic mass is 32.2. The molecule has 3 saturated heterocycles. The Labute approximate surface area is 300 Å². The number of benzene rings is 2. The fraction of sp³-hybridized carbons (Fsp3) is 0.486. The van der Waals surface area contributed by atoms with E-state index in [0.29, 0.717) is 42.1 Å². The van der Waals surface area contributed by atoms with Crippen molar-refractivity contribution in [3.63, 3.8) is 0 Å². The van der Waals surface area contributed by atoms with E-state index < -0.39 is 93.5 Å². The molecule has 4 aliphatic rings. The molecule has 1 aliphatic carbocycles. The first kappa shape index (κ1) is 36.9. The number of ether oxygens (including phenoxy) is 1. The van der Waals surface area contributed by atoms with Crippen LogP contribution in [0.25, 0.3) is 0 Å². The summed E-state index contributed by atoms with van der Waals surface area (Å²) in [5.41, 5.74) is 1.63. The molecule has 3 unspecified atom stereocenters. The molecule has 11 nitrogen and oxygen atoms in total. The van der Waals surface area contributed by atoms with E-state index in [4.69, 9.17) is 10.5 Å². The molecule has 7 rings (SSSR count). The van der Waals surface area contributed by atoms with Crippen LogP contribution >= 0.6 is 0 Å². The average molecular weight is 768 g/mol. The third kappa shape index (κ3) is 6.36. The maximum absolute atomic E-state index is 14.7. The topological polar surface area (TPSA) is 145 Å². The molecule has 3 amide bonds. The maximum atomic E-state index is 14.7. The zero-order valence-corrected chi connectivity index (χ0v) is 28.9. The van der Waals surface area contributed by atoms with Crippen molar-refractivity contribution in [3.05, 3.63) is 83.2 Å². The molecular weight excluding hydrogens is 732 g/mol. The normalized spacial score (nSPS) is 24.6. The van der Waals surface area contributed by atoms with E-state index in [2.05, 4.69) is 5.10 Å². The van der Waals surface area contributed by atoms with Crippen LogP contribution in [0.2, 0.25) is 0 Å². The van der Waals surface area contributed by atoms with Gasteiger partial charge in [0.2, 0.25) is 11.8 Å². The zero-order chi connectivity index (χ0) is 38.1. The summed E-state index contributed by atoms with van der Waals surface area (Å²) in [7, 11) is -4.68. The van der Waals surface area contributed by atoms with Crippen LogP contribution in [0, 0.1) is 16.7 Å². The van der Waals surface area contributed by atoms with Crippen molar-refractivity contribution in [2.75, 3.05) is 32.8 Å². The van der Waals surface area contributed by atoms with Gasteiger partial charge in [0.05, 0.1) is 40.1 Å². The molecule has 284 valence electrons. The van der Waals surface area contributed by atoms with E-state index in [1.807, 2.05) is 0 Å². The van der Waals surface area contributed by atoms with Crippen LogP contribution < -0.4 is 5.73 Å². The molecule has 1 aromatic heterocycles. The number of nitrogens with zero attached hydrogens (tertiary/aromatic N) is 4. The Hall–Kier alpha value is -4.45. The summed E-state index contributed by atoms with van der Waals surface area (Å²) >= 11 is 0. The molecule has 2 aromatic carbocycles. The number of nitrogens with two attached hydrogens (primary N) is 1. The first-order valence-corrected chi connectivity index (χ1v) is 18.5. The minimum absolute atomic E-state index is 0.00186. The second-order valence-corrected chi connectivity index (χ2v) is 16.4. The standard InChI is InChI=1S/C35H35F6N5O6S/c36-34(37,38)25-6-4-21(5-7-25)16-45-17-24(15-43-45)29(48)44-18-27(28(42)47)32(19-44)20-46(30(49)33(10-11-33)35(39,40)41)31(32)53(50,51)26-3-1-2-23(14-26)22-8-12-52-13-9-22/h1-7,14-15,17,22,27,31H,8-13,16,18-20H2,(H2,42,47). The van der Waals surface area contributed by atoms with Gasteiger partial charge in [0, 0.05) is 39.0 Å². The number of rotatable bonds is 8. The molecule has 3 aliphatic heterocycles. The van der Waals surface area contributed by atoms with E-state index in [1.165, 1.54) is 52.3 Å². The first-order valence-electron chi connectivity index (χ1n) is 16.9. The Morgan fingerprint density at radius 3 is 2.25 bits per heavy atom. The number of amides is 3. The van der Waals surface area contributed by atoms with Gasteiger partial charge in [-0.1, -0.05) is 24.3 Å². The lowest BCUT2D eigenvalue weighted by Gasteiger charge is -2.57. The van der Waals surface area contributed by atoms with Crippen LogP contribution in [0.15, 0.2) is 65.8 Å². The van der Waals surface area contributed by atoms with Gasteiger partial charge < -0.3 is 20.3 Å². The second-order valence-electron chi connectivity index (χ2n) is 14.4. The van der Waals surface area contributed by atoms with Gasteiger partial charge in [0.15, 0.2) is 9.84 Å². The molecular formula is C35H35F6N5O6S. The third-order valence-corrected chi connectivity index (χ3v) is 13.3. The highest BCUT2D eigenvalue weighted by Gasteiger charge is 2.75. The Morgan fingerprint density at radius 1 is 0.962 bits per heavy atom. The average Bonchev–Trinajstić information content (AvgIpc) is 3.64. The third-order valence-electron chi connectivity index (χ3n) is 11.1. The molecule has 1 saturated carbocycles. The number of likely N-dealkylation sites (tertiary alicyclic amines) is 2. The van der Waals surface area contributed by atoms with Crippen molar-refractivity contribution in [1.29, 1.82) is 0 Å². The largest absolute Gasteiger partial charge is 0.416 e. The number of primary amides is 1. The summed E-state index contributed by atoms with van der Waals surface area (Å²) < 4.78 is 118. The van der Waals surface area contributed by atoms with Gasteiger partial charge in [-0.05, 0) is 67.0 Å². The van der Waals surface area contributed by atoms with Crippen molar-refractivity contribution >= 4 is 27.6 Å². The van der Waals surface area contributed by atoms with Crippen LogP contribution in [0.4, 0.5) is 26.3 Å². The summed E-state index contributed by atoms with van der Waals surface area (Å²) in [6.07, 6.45) is -6.70. The Bertz CT molecular complexity index is 2040. The van der Waals surface area contributed by atoms with Crippen molar-refractivity contribution in [3.8, 4) is 0 Å². The number of carbonyl (C=O) groups is 3. The monoisotopic (exact) mass is 767 g/mol. The van der Waals surface area contributed by atoms with Gasteiger partial charge in [-0.3, -0.25) is 19.1 Å². The summed E-state index contributed by atoms with van der Waals surface area (Å²) in [5.74, 6) is -4.47. The number of hydrogen-bond acceptors (Lipinski definition) is 7. The van der Waals surface area contributed by atoms with Gasteiger partial charge in [-0.15, -0.1) is 0 Å². The van der Waals surface area contributed by atoms with Gasteiger partial charge in [-0.2, -0.15) is 31.4 Å². The number of halogens is 6. The van der Waals surface area contributed by atoms with E-state index in [-0.39, 0.29) is 29.5 Å². The molecule has 18 heteroatoms. The second kappa shape index (κ2) is 12.8. The van der Waals surface area contributed by atoms with Crippen LogP contribution in [0.1, 0.15) is 58.6 Å². The highest BCUT2D eigenvalue weighted by Crippen LogP contribution is 2.62. The molecule has 2 N–H and O–H groups in total. The predicted octanol–water partition coefficient (Wildman–Crippen LogP) is 4.37. The molecule has 3 atom stereocenters. The summed E-state index contributed by atoms with van der Waals surface area (Å²) in [6, 6.07) is 10.4. The lowest BCUT2D eigenvalue weighted by atomic mass is 9.70. The lowest BCUT2D eigenvalue weighted by Crippen LogP contribution is -2.74. The fourth-order valence-electron chi connectivity index (χ4n) is 8.05. The van der Waals surface area contributed by atoms with E-state index >= 15 is 0 Å². The Kier molecular flexibility index (Phi) is 8.94. The van der Waals surface area contributed by atoms with Crippen LogP contribution in [-0.2, 0) is 36.9 Å². The summed E-state index contributed by atoms with van der Waals surface area (Å²) in [6.45, 7) is -0.419. The first-order chi connectivity index (χ1) is 24.9. The SMILES string of the molecule is NC(=O)C1CN(C(=O)c2cnn(Cc3ccc(C(F)(F)F)cc3)c2)CC12CN(C(=O)C1(C(F)(F)F)CC1)C2S(=O)(=O)c1cccc(C2CCOCC2)c1. The summed E-state index contributed by atoms with van der Waals surface area (Å²) in [5, 5.41) is 2.18. The number of hydrogen-bond donors (Lipinski definition) is 1. The number of alkyl halides is 6. The minimum Gasteiger partial charge on any atom is -0.381 e. The fourth-order valence-corrected chi connectivity index (χ4v) is 10.3. The molecule has 0 bridgehead atoms. The molecule has 3 aromatic rings. The Balaban J connectivity index is 1.20. The van der Waals surface area contributed by atoms with Crippen molar-refractivity contribution < 1.29 is 53.9 Å². The van der Waals surface area contributed by atoms with Gasteiger partial charge in [-0.25, -0.2) is 8.42 Å². The van der Waals surface area contributed by atoms with Crippen LogP contribution in [0.5, 0.6) is 0 Å². The van der Waals surface area contributed by atoms with E-state index in [9.17, 15) is 49.1 Å². The van der Waals surface area contributed by atoms with E-state index in [1.54, 1.807) is 6.07 Å². The van der Waals surface area contributed by atoms with Crippen molar-refractivity contribution in [2.24, 2.45) is 22.5 Å². The molecule has 53 heavy (non-hydrogen) atoms. The van der Waals surface area contributed by atoms with Crippen LogP contribution in [-0.4, -0.2) is 90.1 Å². The lowest BCUT2D eigenvalue weighted by molar-refractivity contribution is -0.207. The molecule has 4 fully saturated rings. The zero-order valence-electron chi connectivity index (χ0n) is 28.1. The van der Waals surface area contributed by atoms with Crippen molar-refractivity contribution in [2.45, 2.75) is 60.8 Å². The minimum atomic E-state index is -4.94. The molecule has 0 radical (unpaired) electrons. The smallest absolute Gasteiger partial charge is 0.381 e. The predicted molar refractivity (Wildman–Crippen MR) is 173 cm³/mol. The highest BCUT2D eigenvalue weighted by molar-refractivity contribution is 7.92.